The first kappa shape index (κ1) is 17.0. The molecule has 3 aromatic rings. The van der Waals surface area contributed by atoms with Crippen molar-refractivity contribution in [2.24, 2.45) is 0 Å². The first-order valence-corrected chi connectivity index (χ1v) is 9.24. The van der Waals surface area contributed by atoms with E-state index in [1.807, 2.05) is 18.2 Å². The number of fused-ring (bicyclic) bond motifs is 1. The van der Waals surface area contributed by atoms with E-state index in [9.17, 15) is 0 Å². The summed E-state index contributed by atoms with van der Waals surface area (Å²) < 4.78 is 6.36. The van der Waals surface area contributed by atoms with Gasteiger partial charge in [0.2, 0.25) is 0 Å². The van der Waals surface area contributed by atoms with Gasteiger partial charge in [-0.3, -0.25) is 0 Å². The van der Waals surface area contributed by atoms with Gasteiger partial charge in [-0.15, -0.1) is 0 Å². The maximum atomic E-state index is 5.27. The Labute approximate surface area is 152 Å². The zero-order valence-corrected chi connectivity index (χ0v) is 15.8. The Bertz CT molecular complexity index is 827. The van der Waals surface area contributed by atoms with E-state index >= 15 is 0 Å². The van der Waals surface area contributed by atoms with Crippen LogP contribution in [0.2, 0.25) is 0 Å². The molecule has 1 heterocycles. The van der Waals surface area contributed by atoms with Gasteiger partial charge in [0.1, 0.15) is 5.75 Å². The van der Waals surface area contributed by atoms with Gasteiger partial charge in [-0.2, -0.15) is 0 Å². The van der Waals surface area contributed by atoms with Crippen LogP contribution in [0.1, 0.15) is 31.7 Å². The van der Waals surface area contributed by atoms with Gasteiger partial charge in [0.15, 0.2) is 0 Å². The van der Waals surface area contributed by atoms with E-state index in [0.717, 1.165) is 33.4 Å². The summed E-state index contributed by atoms with van der Waals surface area (Å²) in [4.78, 5) is 4.96. The number of hydrogen-bond donors (Lipinski definition) is 0. The zero-order chi connectivity index (χ0) is 16.9. The summed E-state index contributed by atoms with van der Waals surface area (Å²) >= 11 is 3.56. The number of nitrogens with zero attached hydrogens (tertiary/aromatic N) is 1. The molecule has 0 saturated carbocycles. The maximum Gasteiger partial charge on any atom is 0.118 e. The summed E-state index contributed by atoms with van der Waals surface area (Å²) in [6.07, 6.45) is 4.73. The minimum atomic E-state index is 0.871. The van der Waals surface area contributed by atoms with E-state index < -0.39 is 0 Å². The van der Waals surface area contributed by atoms with Crippen molar-refractivity contribution in [1.29, 1.82) is 0 Å². The van der Waals surface area contributed by atoms with E-state index in [4.69, 9.17) is 9.72 Å². The Morgan fingerprint density at radius 2 is 1.79 bits per heavy atom. The fraction of sp³-hybridized carbons (Fsp3) is 0.286. The molecule has 0 unspecified atom stereocenters. The van der Waals surface area contributed by atoms with E-state index in [2.05, 4.69) is 53.2 Å². The Morgan fingerprint density at radius 1 is 1.00 bits per heavy atom. The number of aromatic nitrogens is 1. The molecule has 0 saturated heterocycles. The molecule has 0 aliphatic heterocycles. The highest BCUT2D eigenvalue weighted by atomic mass is 79.9. The standard InChI is InChI=1S/C21H22BrNO/c1-3-4-5-6-16-13-17-14-18(22)9-12-20(17)23-21(16)15-7-10-19(24-2)11-8-15/h7-14H,3-6H2,1-2H3. The minimum absolute atomic E-state index is 0.871. The molecule has 0 N–H and O–H groups in total. The second kappa shape index (κ2) is 7.80. The second-order valence-electron chi connectivity index (χ2n) is 6.02. The monoisotopic (exact) mass is 383 g/mol. The second-order valence-corrected chi connectivity index (χ2v) is 6.93. The van der Waals surface area contributed by atoms with Crippen molar-refractivity contribution in [2.75, 3.05) is 7.11 Å². The van der Waals surface area contributed by atoms with Crippen LogP contribution in [0.5, 0.6) is 5.75 Å². The Hall–Kier alpha value is -1.87. The summed E-state index contributed by atoms with van der Waals surface area (Å²) in [5.41, 5.74) is 4.58. The number of hydrogen-bond acceptors (Lipinski definition) is 2. The topological polar surface area (TPSA) is 22.1 Å². The van der Waals surface area contributed by atoms with Crippen LogP contribution in [0.25, 0.3) is 22.2 Å². The van der Waals surface area contributed by atoms with Crippen molar-refractivity contribution in [3.05, 3.63) is 58.6 Å². The minimum Gasteiger partial charge on any atom is -0.497 e. The number of halogens is 1. The molecular formula is C21H22BrNO. The molecule has 24 heavy (non-hydrogen) atoms. The van der Waals surface area contributed by atoms with Crippen molar-refractivity contribution < 1.29 is 4.74 Å². The average Bonchev–Trinajstić information content (AvgIpc) is 2.61. The highest BCUT2D eigenvalue weighted by Gasteiger charge is 2.10. The zero-order valence-electron chi connectivity index (χ0n) is 14.2. The molecule has 124 valence electrons. The Morgan fingerprint density at radius 3 is 2.50 bits per heavy atom. The molecule has 0 amide bonds. The van der Waals surface area contributed by atoms with E-state index in [-0.39, 0.29) is 0 Å². The van der Waals surface area contributed by atoms with Crippen molar-refractivity contribution in [2.45, 2.75) is 32.6 Å². The Kier molecular flexibility index (Phi) is 5.52. The van der Waals surface area contributed by atoms with Crippen LogP contribution in [-0.2, 0) is 6.42 Å². The van der Waals surface area contributed by atoms with Crippen LogP contribution in [-0.4, -0.2) is 12.1 Å². The summed E-state index contributed by atoms with van der Waals surface area (Å²) in [7, 11) is 1.69. The lowest BCUT2D eigenvalue weighted by Crippen LogP contribution is -1.96. The van der Waals surface area contributed by atoms with Gasteiger partial charge in [-0.1, -0.05) is 35.7 Å². The highest BCUT2D eigenvalue weighted by Crippen LogP contribution is 2.29. The van der Waals surface area contributed by atoms with Crippen molar-refractivity contribution in [3.8, 4) is 17.0 Å². The normalized spacial score (nSPS) is 11.0. The van der Waals surface area contributed by atoms with Gasteiger partial charge in [-0.05, 0) is 66.9 Å². The number of methoxy groups -OCH3 is 1. The van der Waals surface area contributed by atoms with Gasteiger partial charge in [0, 0.05) is 15.4 Å². The summed E-state index contributed by atoms with van der Waals surface area (Å²) in [5.74, 6) is 0.871. The van der Waals surface area contributed by atoms with Crippen LogP contribution in [0, 0.1) is 0 Å². The van der Waals surface area contributed by atoms with Crippen LogP contribution >= 0.6 is 15.9 Å². The Balaban J connectivity index is 2.07. The molecule has 0 bridgehead atoms. The van der Waals surface area contributed by atoms with Gasteiger partial charge in [0.05, 0.1) is 18.3 Å². The van der Waals surface area contributed by atoms with Crippen LogP contribution in [0.4, 0.5) is 0 Å². The SMILES string of the molecule is CCCCCc1cc2cc(Br)ccc2nc1-c1ccc(OC)cc1. The molecule has 3 rings (SSSR count). The number of unbranched alkanes of at least 4 members (excludes halogenated alkanes) is 2. The first-order chi connectivity index (χ1) is 11.7. The lowest BCUT2D eigenvalue weighted by Gasteiger charge is -2.12. The molecular weight excluding hydrogens is 362 g/mol. The van der Waals surface area contributed by atoms with Gasteiger partial charge in [0.25, 0.3) is 0 Å². The fourth-order valence-electron chi connectivity index (χ4n) is 2.95. The van der Waals surface area contributed by atoms with Crippen LogP contribution < -0.4 is 4.74 Å². The lowest BCUT2D eigenvalue weighted by atomic mass is 9.98. The quantitative estimate of drug-likeness (QED) is 0.459. The predicted molar refractivity (Wildman–Crippen MR) is 105 cm³/mol. The van der Waals surface area contributed by atoms with Gasteiger partial charge < -0.3 is 4.74 Å². The lowest BCUT2D eigenvalue weighted by molar-refractivity contribution is 0.415. The fourth-order valence-corrected chi connectivity index (χ4v) is 3.32. The molecule has 0 fully saturated rings. The molecule has 0 aliphatic carbocycles. The molecule has 0 aliphatic rings. The van der Waals surface area contributed by atoms with E-state index in [0.29, 0.717) is 0 Å². The smallest absolute Gasteiger partial charge is 0.118 e. The number of rotatable bonds is 6. The van der Waals surface area contributed by atoms with Crippen molar-refractivity contribution >= 4 is 26.8 Å². The summed E-state index contributed by atoms with van der Waals surface area (Å²) in [6, 6.07) is 16.7. The van der Waals surface area contributed by atoms with Crippen LogP contribution in [0.15, 0.2) is 53.0 Å². The average molecular weight is 384 g/mol. The van der Waals surface area contributed by atoms with Crippen molar-refractivity contribution in [3.63, 3.8) is 0 Å². The summed E-state index contributed by atoms with van der Waals surface area (Å²) in [6.45, 7) is 2.24. The van der Waals surface area contributed by atoms with Gasteiger partial charge >= 0.3 is 0 Å². The number of aryl methyl sites for hydroxylation is 1. The molecule has 0 spiro atoms. The van der Waals surface area contributed by atoms with E-state index in [1.54, 1.807) is 7.11 Å². The number of ether oxygens (including phenoxy) is 1. The number of pyridine rings is 1. The molecule has 3 heteroatoms. The predicted octanol–water partition coefficient (Wildman–Crippen LogP) is 6.41. The maximum absolute atomic E-state index is 5.27. The third-order valence-electron chi connectivity index (χ3n) is 4.27. The van der Waals surface area contributed by atoms with Crippen molar-refractivity contribution in [1.82, 2.24) is 4.98 Å². The molecule has 0 atom stereocenters. The molecule has 2 aromatic carbocycles. The molecule has 1 aromatic heterocycles. The first-order valence-electron chi connectivity index (χ1n) is 8.45. The molecule has 2 nitrogen and oxygen atoms in total. The number of benzene rings is 2. The molecule has 0 radical (unpaired) electrons. The van der Waals surface area contributed by atoms with E-state index in [1.165, 1.54) is 30.2 Å². The third kappa shape index (κ3) is 3.78. The largest absolute Gasteiger partial charge is 0.497 e. The third-order valence-corrected chi connectivity index (χ3v) is 4.76. The van der Waals surface area contributed by atoms with Gasteiger partial charge in [-0.25, -0.2) is 4.98 Å². The summed E-state index contributed by atoms with van der Waals surface area (Å²) in [5, 5.41) is 1.19. The van der Waals surface area contributed by atoms with Crippen LogP contribution in [0.3, 0.4) is 0 Å². The highest BCUT2D eigenvalue weighted by molar-refractivity contribution is 9.10.